The monoisotopic (exact) mass is 654 g/mol. The molecule has 0 N–H and O–H groups in total. The van der Waals surface area contributed by atoms with Crippen LogP contribution in [0.25, 0.3) is 82.1 Å². The average molecular weight is 655 g/mol. The molecular formula is C49H38N2. The molecule has 51 heavy (non-hydrogen) atoms. The highest BCUT2D eigenvalue weighted by Gasteiger charge is 2.24. The van der Waals surface area contributed by atoms with E-state index in [0.717, 1.165) is 12.0 Å². The molecule has 1 atom stereocenters. The van der Waals surface area contributed by atoms with E-state index < -0.39 is 0 Å². The molecular weight excluding hydrogens is 617 g/mol. The van der Waals surface area contributed by atoms with E-state index in [1.807, 2.05) is 18.5 Å². The smallest absolute Gasteiger partial charge is 0.0537 e. The van der Waals surface area contributed by atoms with E-state index in [-0.39, 0.29) is 11.3 Å². The van der Waals surface area contributed by atoms with Gasteiger partial charge >= 0.3 is 0 Å². The van der Waals surface area contributed by atoms with Gasteiger partial charge in [0, 0.05) is 34.8 Å². The summed E-state index contributed by atoms with van der Waals surface area (Å²) >= 11 is 0. The molecule has 7 aromatic carbocycles. The maximum atomic E-state index is 4.36. The third-order valence-electron chi connectivity index (χ3n) is 11.1. The fourth-order valence-electron chi connectivity index (χ4n) is 8.57. The van der Waals surface area contributed by atoms with Gasteiger partial charge in [0.25, 0.3) is 0 Å². The van der Waals surface area contributed by atoms with Crippen LogP contribution in [0.5, 0.6) is 0 Å². The first-order valence-electron chi connectivity index (χ1n) is 18.0. The minimum Gasteiger partial charge on any atom is -0.313 e. The van der Waals surface area contributed by atoms with Crippen molar-refractivity contribution in [2.75, 3.05) is 0 Å². The second-order valence-electron chi connectivity index (χ2n) is 15.2. The highest BCUT2D eigenvalue weighted by molar-refractivity contribution is 6.26. The van der Waals surface area contributed by atoms with Gasteiger partial charge in [-0.05, 0) is 108 Å². The highest BCUT2D eigenvalue weighted by Crippen LogP contribution is 2.46. The molecule has 2 nitrogen and oxygen atoms in total. The van der Waals surface area contributed by atoms with Crippen LogP contribution in [-0.4, -0.2) is 9.55 Å². The first-order valence-corrected chi connectivity index (χ1v) is 18.0. The van der Waals surface area contributed by atoms with E-state index in [1.165, 1.54) is 87.6 Å². The molecule has 9 aromatic rings. The Morgan fingerprint density at radius 3 is 1.94 bits per heavy atom. The summed E-state index contributed by atoms with van der Waals surface area (Å²) in [7, 11) is 0. The number of aromatic nitrogens is 2. The van der Waals surface area contributed by atoms with Crippen molar-refractivity contribution in [1.82, 2.24) is 9.55 Å². The Morgan fingerprint density at radius 2 is 1.27 bits per heavy atom. The molecule has 2 aromatic heterocycles. The summed E-state index contributed by atoms with van der Waals surface area (Å²) in [6, 6.07) is 47.6. The van der Waals surface area contributed by atoms with Crippen LogP contribution in [0.4, 0.5) is 0 Å². The molecule has 2 heteroatoms. The van der Waals surface area contributed by atoms with E-state index in [4.69, 9.17) is 0 Å². The van der Waals surface area contributed by atoms with E-state index in [0.29, 0.717) is 0 Å². The van der Waals surface area contributed by atoms with E-state index in [1.54, 1.807) is 0 Å². The van der Waals surface area contributed by atoms with Gasteiger partial charge in [-0.2, -0.15) is 0 Å². The summed E-state index contributed by atoms with van der Waals surface area (Å²) in [5.74, 6) is 0.216. The van der Waals surface area contributed by atoms with Crippen LogP contribution < -0.4 is 0 Å². The molecule has 244 valence electrons. The lowest BCUT2D eigenvalue weighted by atomic mass is 9.79. The molecule has 2 heterocycles. The topological polar surface area (TPSA) is 17.8 Å². The average Bonchev–Trinajstić information content (AvgIpc) is 3.51. The Balaban J connectivity index is 1.18. The number of nitrogens with zero attached hydrogens (tertiary/aromatic N) is 2. The van der Waals surface area contributed by atoms with Gasteiger partial charge in [-0.25, -0.2) is 0 Å². The third kappa shape index (κ3) is 4.74. The standard InChI is InChI=1S/C49H38N2/c1-49(2,3)37-26-34-21-23-41-43(32-19-17-31(18-20-32)36-11-9-25-50-30-36)29-44(42-24-22-35(27-37)47(34)48(41)42)33-10-8-12-38(28-33)51-45-15-6-4-13-39(45)40-14-5-7-16-46(40)51/h4-27,29-30,33H,28H2,1-3H3. The Hall–Kier alpha value is -5.99. The van der Waals surface area contributed by atoms with Crippen LogP contribution in [0, 0.1) is 0 Å². The quantitative estimate of drug-likeness (QED) is 0.173. The van der Waals surface area contributed by atoms with Crippen LogP contribution in [0.2, 0.25) is 0 Å². The number of hydrogen-bond donors (Lipinski definition) is 0. The van der Waals surface area contributed by atoms with E-state index in [9.17, 15) is 0 Å². The van der Waals surface area contributed by atoms with Crippen molar-refractivity contribution >= 4 is 59.8 Å². The molecule has 0 aliphatic heterocycles. The fourth-order valence-corrected chi connectivity index (χ4v) is 8.57. The SMILES string of the molecule is CC(C)(C)c1cc2ccc3c(-c4ccc(-c5cccnc5)cc4)cc(C4C=CC=C(n5c6ccccc6c6ccccc65)C4)c4ccc(c1)c2c34. The van der Waals surface area contributed by atoms with Gasteiger partial charge < -0.3 is 4.57 Å². The van der Waals surface area contributed by atoms with Crippen molar-refractivity contribution in [3.63, 3.8) is 0 Å². The maximum Gasteiger partial charge on any atom is 0.0537 e. The maximum absolute atomic E-state index is 4.36. The van der Waals surface area contributed by atoms with E-state index >= 15 is 0 Å². The van der Waals surface area contributed by atoms with Crippen LogP contribution in [-0.2, 0) is 5.41 Å². The van der Waals surface area contributed by atoms with Gasteiger partial charge in [-0.15, -0.1) is 0 Å². The Kier molecular flexibility index (Phi) is 6.60. The number of allylic oxidation sites excluding steroid dienone is 4. The Bertz CT molecular complexity index is 2770. The van der Waals surface area contributed by atoms with Gasteiger partial charge in [0.15, 0.2) is 0 Å². The number of rotatable bonds is 4. The first-order chi connectivity index (χ1) is 24.9. The summed E-state index contributed by atoms with van der Waals surface area (Å²) in [6.45, 7) is 6.93. The summed E-state index contributed by atoms with van der Waals surface area (Å²) in [5, 5.41) is 10.6. The summed E-state index contributed by atoms with van der Waals surface area (Å²) in [6.07, 6.45) is 11.7. The second-order valence-corrected chi connectivity index (χ2v) is 15.2. The third-order valence-corrected chi connectivity index (χ3v) is 11.1. The molecule has 1 aliphatic carbocycles. The zero-order valence-electron chi connectivity index (χ0n) is 29.2. The van der Waals surface area contributed by atoms with Crippen molar-refractivity contribution in [2.45, 2.75) is 38.5 Å². The number of fused-ring (bicyclic) bond motifs is 3. The van der Waals surface area contributed by atoms with Crippen LogP contribution in [0.3, 0.4) is 0 Å². The zero-order chi connectivity index (χ0) is 34.3. The van der Waals surface area contributed by atoms with Crippen molar-refractivity contribution in [3.05, 3.63) is 169 Å². The van der Waals surface area contributed by atoms with Crippen molar-refractivity contribution in [1.29, 1.82) is 0 Å². The molecule has 0 bridgehead atoms. The molecule has 0 amide bonds. The summed E-state index contributed by atoms with van der Waals surface area (Å²) < 4.78 is 2.49. The minimum absolute atomic E-state index is 0.0687. The predicted octanol–water partition coefficient (Wildman–Crippen LogP) is 13.3. The Labute approximate surface area is 298 Å². The van der Waals surface area contributed by atoms with Crippen LogP contribution in [0.1, 0.15) is 44.2 Å². The largest absolute Gasteiger partial charge is 0.313 e. The normalized spacial score (nSPS) is 15.1. The molecule has 0 radical (unpaired) electrons. The fraction of sp³-hybridized carbons (Fsp3) is 0.122. The first kappa shape index (κ1) is 29.9. The van der Waals surface area contributed by atoms with Gasteiger partial charge in [0.2, 0.25) is 0 Å². The zero-order valence-corrected chi connectivity index (χ0v) is 29.2. The predicted molar refractivity (Wildman–Crippen MR) is 218 cm³/mol. The van der Waals surface area contributed by atoms with Crippen LogP contribution in [0.15, 0.2) is 158 Å². The van der Waals surface area contributed by atoms with Crippen molar-refractivity contribution in [2.24, 2.45) is 0 Å². The van der Waals surface area contributed by atoms with Gasteiger partial charge in [-0.1, -0.05) is 136 Å². The molecule has 0 fully saturated rings. The lowest BCUT2D eigenvalue weighted by molar-refractivity contribution is 0.591. The molecule has 0 saturated carbocycles. The molecule has 10 rings (SSSR count). The lowest BCUT2D eigenvalue weighted by Gasteiger charge is -2.26. The molecule has 0 saturated heterocycles. The van der Waals surface area contributed by atoms with Crippen molar-refractivity contribution in [3.8, 4) is 22.3 Å². The molecule has 1 aliphatic rings. The Morgan fingerprint density at radius 1 is 0.608 bits per heavy atom. The van der Waals surface area contributed by atoms with Crippen LogP contribution >= 0.6 is 0 Å². The number of para-hydroxylation sites is 2. The minimum atomic E-state index is 0.0687. The number of benzene rings is 7. The van der Waals surface area contributed by atoms with E-state index in [2.05, 4.69) is 170 Å². The molecule has 0 spiro atoms. The highest BCUT2D eigenvalue weighted by atomic mass is 15.0. The lowest BCUT2D eigenvalue weighted by Crippen LogP contribution is -2.11. The van der Waals surface area contributed by atoms with Gasteiger partial charge in [0.05, 0.1) is 11.0 Å². The summed E-state index contributed by atoms with van der Waals surface area (Å²) in [4.78, 5) is 4.36. The number of pyridine rings is 1. The van der Waals surface area contributed by atoms with Gasteiger partial charge in [0.1, 0.15) is 0 Å². The van der Waals surface area contributed by atoms with Gasteiger partial charge in [-0.3, -0.25) is 4.98 Å². The molecule has 1 unspecified atom stereocenters. The van der Waals surface area contributed by atoms with Crippen molar-refractivity contribution < 1.29 is 0 Å². The number of hydrogen-bond acceptors (Lipinski definition) is 1. The second kappa shape index (κ2) is 11.3. The summed E-state index contributed by atoms with van der Waals surface area (Å²) in [5.41, 5.74) is 11.5.